The number of hydrogen-bond donors (Lipinski definition) is 2. The van der Waals surface area contributed by atoms with Gasteiger partial charge in [-0.2, -0.15) is 13.2 Å². The number of alkyl halides is 3. The molecular weight excluding hydrogens is 509 g/mol. The van der Waals surface area contributed by atoms with Gasteiger partial charge >= 0.3 is 6.18 Å². The van der Waals surface area contributed by atoms with Gasteiger partial charge in [-0.1, -0.05) is 30.3 Å². The minimum absolute atomic E-state index is 0.00768. The Morgan fingerprint density at radius 3 is 2.64 bits per heavy atom. The van der Waals surface area contributed by atoms with E-state index in [-0.39, 0.29) is 36.9 Å². The van der Waals surface area contributed by atoms with E-state index in [0.29, 0.717) is 24.3 Å². The number of rotatable bonds is 7. The molecule has 1 aliphatic heterocycles. The van der Waals surface area contributed by atoms with E-state index in [2.05, 4.69) is 4.98 Å². The number of likely N-dealkylation sites (tertiary alicyclic amines) is 1. The van der Waals surface area contributed by atoms with Crippen LogP contribution in [0.15, 0.2) is 60.9 Å². The second kappa shape index (κ2) is 11.9. The zero-order valence-electron chi connectivity index (χ0n) is 21.6. The SMILES string of the molecule is Cc1ccccc1-c1cnccc1N(CC(=O)N1CCCC(N)C1)C(=O)CCc1ccc(O)c(C(F)(F)F)c1. The molecule has 0 spiro atoms. The lowest BCUT2D eigenvalue weighted by atomic mass is 9.99. The molecule has 39 heavy (non-hydrogen) atoms. The molecule has 1 unspecified atom stereocenters. The van der Waals surface area contributed by atoms with Crippen molar-refractivity contribution in [1.82, 2.24) is 9.88 Å². The van der Waals surface area contributed by atoms with Crippen molar-refractivity contribution in [2.24, 2.45) is 5.73 Å². The topological polar surface area (TPSA) is 99.8 Å². The number of piperidine rings is 1. The number of phenolic OH excluding ortho intramolecular Hbond substituents is 1. The van der Waals surface area contributed by atoms with Gasteiger partial charge in [0, 0.05) is 43.5 Å². The Balaban J connectivity index is 1.64. The fraction of sp³-hybridized carbons (Fsp3) is 0.345. The van der Waals surface area contributed by atoms with Gasteiger partial charge in [-0.05, 0) is 61.1 Å². The summed E-state index contributed by atoms with van der Waals surface area (Å²) in [6.45, 7) is 2.64. The maximum Gasteiger partial charge on any atom is 0.419 e. The van der Waals surface area contributed by atoms with E-state index in [0.717, 1.165) is 36.1 Å². The zero-order valence-corrected chi connectivity index (χ0v) is 21.6. The summed E-state index contributed by atoms with van der Waals surface area (Å²) in [4.78, 5) is 34.3. The largest absolute Gasteiger partial charge is 0.507 e. The van der Waals surface area contributed by atoms with Gasteiger partial charge in [-0.15, -0.1) is 0 Å². The van der Waals surface area contributed by atoms with Crippen LogP contribution >= 0.6 is 0 Å². The molecule has 0 radical (unpaired) electrons. The Morgan fingerprint density at radius 2 is 1.92 bits per heavy atom. The van der Waals surface area contributed by atoms with Crippen molar-refractivity contribution < 1.29 is 27.9 Å². The van der Waals surface area contributed by atoms with Crippen LogP contribution in [0.2, 0.25) is 0 Å². The van der Waals surface area contributed by atoms with Crippen molar-refractivity contribution in [2.45, 2.75) is 44.8 Å². The van der Waals surface area contributed by atoms with Crippen LogP contribution in [0.5, 0.6) is 5.75 Å². The van der Waals surface area contributed by atoms with E-state index in [1.807, 2.05) is 31.2 Å². The summed E-state index contributed by atoms with van der Waals surface area (Å²) < 4.78 is 39.8. The van der Waals surface area contributed by atoms with E-state index in [1.165, 1.54) is 17.2 Å². The first-order valence-corrected chi connectivity index (χ1v) is 12.8. The summed E-state index contributed by atoms with van der Waals surface area (Å²) in [5.41, 5.74) is 8.11. The van der Waals surface area contributed by atoms with Crippen LogP contribution in [0.4, 0.5) is 18.9 Å². The number of amides is 2. The number of aromatic nitrogens is 1. The number of halogens is 3. The quantitative estimate of drug-likeness (QED) is 0.453. The average Bonchev–Trinajstić information content (AvgIpc) is 2.90. The van der Waals surface area contributed by atoms with Crippen LogP contribution in [0.1, 0.15) is 36.0 Å². The van der Waals surface area contributed by atoms with Gasteiger partial charge in [0.05, 0.1) is 11.3 Å². The molecule has 1 fully saturated rings. The van der Waals surface area contributed by atoms with Gasteiger partial charge in [0.2, 0.25) is 11.8 Å². The first-order valence-electron chi connectivity index (χ1n) is 12.8. The second-order valence-corrected chi connectivity index (χ2v) is 9.78. The van der Waals surface area contributed by atoms with E-state index < -0.39 is 23.4 Å². The fourth-order valence-electron chi connectivity index (χ4n) is 4.84. The zero-order chi connectivity index (χ0) is 28.2. The maximum atomic E-state index is 13.7. The number of carbonyl (C=O) groups is 2. The molecule has 2 aromatic carbocycles. The third-order valence-electron chi connectivity index (χ3n) is 6.92. The van der Waals surface area contributed by atoms with Crippen molar-refractivity contribution in [1.29, 1.82) is 0 Å². The van der Waals surface area contributed by atoms with Crippen molar-refractivity contribution in [3.63, 3.8) is 0 Å². The summed E-state index contributed by atoms with van der Waals surface area (Å²) in [6.07, 6.45) is -0.120. The van der Waals surface area contributed by atoms with Crippen LogP contribution in [0, 0.1) is 6.92 Å². The van der Waals surface area contributed by atoms with Gasteiger partial charge in [-0.25, -0.2) is 0 Å². The van der Waals surface area contributed by atoms with Gasteiger partial charge in [0.1, 0.15) is 12.3 Å². The Kier molecular flexibility index (Phi) is 8.54. The van der Waals surface area contributed by atoms with Crippen molar-refractivity contribution in [3.05, 3.63) is 77.6 Å². The number of carbonyl (C=O) groups excluding carboxylic acids is 2. The molecule has 1 aliphatic rings. The summed E-state index contributed by atoms with van der Waals surface area (Å²) in [5, 5.41) is 9.64. The average molecular weight is 541 g/mol. The van der Waals surface area contributed by atoms with Crippen LogP contribution < -0.4 is 10.6 Å². The van der Waals surface area contributed by atoms with E-state index in [1.54, 1.807) is 17.2 Å². The molecule has 0 aliphatic carbocycles. The normalized spacial score (nSPS) is 15.7. The Hall–Kier alpha value is -3.92. The van der Waals surface area contributed by atoms with Crippen LogP contribution in [-0.2, 0) is 22.2 Å². The molecule has 7 nitrogen and oxygen atoms in total. The molecule has 206 valence electrons. The van der Waals surface area contributed by atoms with Gasteiger partial charge in [0.15, 0.2) is 0 Å². The molecule has 10 heteroatoms. The highest BCUT2D eigenvalue weighted by Gasteiger charge is 2.34. The predicted octanol–water partition coefficient (Wildman–Crippen LogP) is 4.70. The van der Waals surface area contributed by atoms with Gasteiger partial charge in [-0.3, -0.25) is 14.6 Å². The Morgan fingerprint density at radius 1 is 1.15 bits per heavy atom. The molecule has 4 rings (SSSR count). The summed E-state index contributed by atoms with van der Waals surface area (Å²) in [5.74, 6) is -1.55. The number of phenols is 1. The number of hydrogen-bond acceptors (Lipinski definition) is 5. The van der Waals surface area contributed by atoms with Crippen LogP contribution in [0.25, 0.3) is 11.1 Å². The van der Waals surface area contributed by atoms with Crippen molar-refractivity contribution >= 4 is 17.5 Å². The number of anilines is 1. The molecule has 1 atom stereocenters. The standard InChI is InChI=1S/C29H31F3N4O3/c1-19-5-2-3-7-22(19)23-16-34-13-12-25(23)36(18-28(39)35-14-4-6-21(33)17-35)27(38)11-9-20-8-10-26(37)24(15-20)29(30,31)32/h2-3,5,7-8,10,12-13,15-16,21,37H,4,6,9,11,14,17-18,33H2,1H3. The molecule has 2 heterocycles. The van der Waals surface area contributed by atoms with Crippen molar-refractivity contribution in [3.8, 4) is 16.9 Å². The monoisotopic (exact) mass is 540 g/mol. The van der Waals surface area contributed by atoms with Gasteiger partial charge < -0.3 is 20.6 Å². The number of aryl methyl sites for hydroxylation is 2. The van der Waals surface area contributed by atoms with Crippen LogP contribution in [0.3, 0.4) is 0 Å². The summed E-state index contributed by atoms with van der Waals surface area (Å²) in [6, 6.07) is 12.3. The molecule has 3 aromatic rings. The van der Waals surface area contributed by atoms with E-state index >= 15 is 0 Å². The summed E-state index contributed by atoms with van der Waals surface area (Å²) >= 11 is 0. The molecule has 1 aromatic heterocycles. The fourth-order valence-corrected chi connectivity index (χ4v) is 4.84. The molecule has 0 saturated carbocycles. The van der Waals surface area contributed by atoms with Gasteiger partial charge in [0.25, 0.3) is 0 Å². The number of benzene rings is 2. The highest BCUT2D eigenvalue weighted by molar-refractivity contribution is 6.02. The third kappa shape index (κ3) is 6.75. The number of nitrogens with zero attached hydrogens (tertiary/aromatic N) is 3. The third-order valence-corrected chi connectivity index (χ3v) is 6.92. The highest BCUT2D eigenvalue weighted by atomic mass is 19.4. The summed E-state index contributed by atoms with van der Waals surface area (Å²) in [7, 11) is 0. The number of aromatic hydroxyl groups is 1. The molecule has 0 bridgehead atoms. The lowest BCUT2D eigenvalue weighted by Crippen LogP contribution is -2.50. The van der Waals surface area contributed by atoms with E-state index in [9.17, 15) is 27.9 Å². The smallest absolute Gasteiger partial charge is 0.419 e. The molecule has 1 saturated heterocycles. The molecular formula is C29H31F3N4O3. The number of pyridine rings is 1. The Bertz CT molecular complexity index is 1350. The minimum Gasteiger partial charge on any atom is -0.507 e. The van der Waals surface area contributed by atoms with E-state index in [4.69, 9.17) is 5.73 Å². The highest BCUT2D eigenvalue weighted by Crippen LogP contribution is 2.37. The number of nitrogens with two attached hydrogens (primary N) is 1. The second-order valence-electron chi connectivity index (χ2n) is 9.78. The first kappa shape index (κ1) is 28.1. The maximum absolute atomic E-state index is 13.7. The lowest BCUT2D eigenvalue weighted by Gasteiger charge is -2.33. The molecule has 2 amide bonds. The Labute approximate surface area is 225 Å². The van der Waals surface area contributed by atoms with Crippen LogP contribution in [-0.4, -0.2) is 52.5 Å². The first-order chi connectivity index (χ1) is 18.5. The minimum atomic E-state index is -4.72. The molecule has 3 N–H and O–H groups in total. The lowest BCUT2D eigenvalue weighted by molar-refractivity contribution is -0.138. The predicted molar refractivity (Wildman–Crippen MR) is 142 cm³/mol. The van der Waals surface area contributed by atoms with Crippen molar-refractivity contribution in [2.75, 3.05) is 24.5 Å².